The van der Waals surface area contributed by atoms with Crippen molar-refractivity contribution < 1.29 is 4.39 Å². The van der Waals surface area contributed by atoms with Crippen molar-refractivity contribution >= 4 is 16.7 Å². The number of nitrogens with two attached hydrogens (primary N) is 1. The molecule has 0 saturated carbocycles. The molecular weight excluding hydrogens is 231 g/mol. The summed E-state index contributed by atoms with van der Waals surface area (Å²) < 4.78 is 13.2. The molecule has 0 aliphatic carbocycles. The van der Waals surface area contributed by atoms with Gasteiger partial charge in [-0.2, -0.15) is 0 Å². The Morgan fingerprint density at radius 3 is 3.06 bits per heavy atom. The lowest BCUT2D eigenvalue weighted by molar-refractivity contribution is 0.563. The number of nitrogens with zero attached hydrogens (tertiary/aromatic N) is 2. The fourth-order valence-electron chi connectivity index (χ4n) is 2.42. The molecule has 4 nitrogen and oxygen atoms in total. The molecule has 0 amide bonds. The Hall–Kier alpha value is -1.75. The van der Waals surface area contributed by atoms with Crippen LogP contribution in [0.4, 0.5) is 10.2 Å². The van der Waals surface area contributed by atoms with Gasteiger partial charge >= 0.3 is 0 Å². The molecule has 1 aromatic carbocycles. The molecule has 5 heteroatoms. The molecule has 0 bridgehead atoms. The number of fused-ring (bicyclic) bond motifs is 1. The average molecular weight is 246 g/mol. The minimum Gasteiger partial charge on any atom is -0.383 e. The highest BCUT2D eigenvalue weighted by atomic mass is 19.1. The number of rotatable bonds is 2. The zero-order valence-corrected chi connectivity index (χ0v) is 9.99. The van der Waals surface area contributed by atoms with Gasteiger partial charge in [-0.15, -0.1) is 0 Å². The van der Waals surface area contributed by atoms with E-state index >= 15 is 0 Å². The summed E-state index contributed by atoms with van der Waals surface area (Å²) in [6.07, 6.45) is 1.92. The second-order valence-corrected chi connectivity index (χ2v) is 4.75. The van der Waals surface area contributed by atoms with Gasteiger partial charge in [0, 0.05) is 17.9 Å². The first-order valence-corrected chi connectivity index (χ1v) is 6.15. The molecule has 1 fully saturated rings. The van der Waals surface area contributed by atoms with Crippen LogP contribution in [0.2, 0.25) is 0 Å². The summed E-state index contributed by atoms with van der Waals surface area (Å²) in [5, 5.41) is 4.02. The summed E-state index contributed by atoms with van der Waals surface area (Å²) in [5.41, 5.74) is 6.48. The van der Waals surface area contributed by atoms with Crippen molar-refractivity contribution in [1.82, 2.24) is 15.3 Å². The molecule has 3 rings (SSSR count). The van der Waals surface area contributed by atoms with Gasteiger partial charge in [0.1, 0.15) is 17.5 Å². The van der Waals surface area contributed by atoms with Gasteiger partial charge in [0.25, 0.3) is 0 Å². The molecule has 2 heterocycles. The average Bonchev–Trinajstić information content (AvgIpc) is 2.81. The van der Waals surface area contributed by atoms with Crippen LogP contribution in [-0.4, -0.2) is 23.1 Å². The normalized spacial score (nSPS) is 19.5. The lowest BCUT2D eigenvalue weighted by atomic mass is 10.0. The number of nitrogen functional groups attached to an aromatic ring is 1. The maximum atomic E-state index is 13.2. The van der Waals surface area contributed by atoms with Gasteiger partial charge in [-0.25, -0.2) is 14.4 Å². The third kappa shape index (κ3) is 2.13. The zero-order chi connectivity index (χ0) is 12.5. The minimum atomic E-state index is -0.297. The van der Waals surface area contributed by atoms with E-state index in [4.69, 9.17) is 5.73 Å². The Balaban J connectivity index is 1.97. The Morgan fingerprint density at radius 1 is 1.39 bits per heavy atom. The van der Waals surface area contributed by atoms with Crippen LogP contribution in [0.1, 0.15) is 12.2 Å². The molecular formula is C13H15FN4. The third-order valence-corrected chi connectivity index (χ3v) is 3.37. The fraction of sp³-hybridized carbons (Fsp3) is 0.385. The van der Waals surface area contributed by atoms with Crippen LogP contribution in [0.5, 0.6) is 0 Å². The quantitative estimate of drug-likeness (QED) is 0.843. The highest BCUT2D eigenvalue weighted by molar-refractivity contribution is 5.87. The van der Waals surface area contributed by atoms with Crippen LogP contribution in [-0.2, 0) is 6.42 Å². The number of nitrogens with one attached hydrogen (secondary N) is 1. The second kappa shape index (κ2) is 4.49. The molecule has 1 unspecified atom stereocenters. The lowest BCUT2D eigenvalue weighted by Gasteiger charge is -2.09. The van der Waals surface area contributed by atoms with Crippen LogP contribution >= 0.6 is 0 Å². The van der Waals surface area contributed by atoms with E-state index in [0.29, 0.717) is 28.5 Å². The van der Waals surface area contributed by atoms with E-state index in [1.54, 1.807) is 6.07 Å². The Bertz CT molecular complexity index is 578. The molecule has 0 radical (unpaired) electrons. The van der Waals surface area contributed by atoms with Crippen molar-refractivity contribution in [2.45, 2.75) is 12.8 Å². The Labute approximate surface area is 104 Å². The molecule has 1 saturated heterocycles. The first-order valence-electron chi connectivity index (χ1n) is 6.15. The number of hydrogen-bond donors (Lipinski definition) is 2. The van der Waals surface area contributed by atoms with Crippen molar-refractivity contribution in [3.8, 4) is 0 Å². The van der Waals surface area contributed by atoms with Gasteiger partial charge in [0.15, 0.2) is 0 Å². The van der Waals surface area contributed by atoms with E-state index in [1.165, 1.54) is 12.1 Å². The summed E-state index contributed by atoms with van der Waals surface area (Å²) in [7, 11) is 0. The van der Waals surface area contributed by atoms with E-state index in [1.807, 2.05) is 0 Å². The number of halogens is 1. The minimum absolute atomic E-state index is 0.297. The van der Waals surface area contributed by atoms with E-state index in [9.17, 15) is 4.39 Å². The largest absolute Gasteiger partial charge is 0.383 e. The summed E-state index contributed by atoms with van der Waals surface area (Å²) >= 11 is 0. The zero-order valence-electron chi connectivity index (χ0n) is 9.99. The summed E-state index contributed by atoms with van der Waals surface area (Å²) in [4.78, 5) is 8.71. The molecule has 1 atom stereocenters. The highest BCUT2D eigenvalue weighted by Gasteiger charge is 2.17. The summed E-state index contributed by atoms with van der Waals surface area (Å²) in [6.45, 7) is 2.03. The van der Waals surface area contributed by atoms with Gasteiger partial charge in [0.05, 0.1) is 5.52 Å². The molecule has 3 N–H and O–H groups in total. The third-order valence-electron chi connectivity index (χ3n) is 3.37. The second-order valence-electron chi connectivity index (χ2n) is 4.75. The topological polar surface area (TPSA) is 63.8 Å². The molecule has 2 aromatic rings. The Morgan fingerprint density at radius 2 is 2.28 bits per heavy atom. The SMILES string of the molecule is Nc1nc(CC2CCNC2)nc2cc(F)ccc12. The van der Waals surface area contributed by atoms with Gasteiger partial charge in [-0.05, 0) is 37.6 Å². The number of aromatic nitrogens is 2. The first-order chi connectivity index (χ1) is 8.72. The van der Waals surface area contributed by atoms with E-state index in [-0.39, 0.29) is 5.82 Å². The van der Waals surface area contributed by atoms with E-state index in [2.05, 4.69) is 15.3 Å². The van der Waals surface area contributed by atoms with Gasteiger partial charge in [-0.3, -0.25) is 0 Å². The van der Waals surface area contributed by atoms with Crippen molar-refractivity contribution in [3.05, 3.63) is 29.8 Å². The van der Waals surface area contributed by atoms with Crippen molar-refractivity contribution in [1.29, 1.82) is 0 Å². The van der Waals surface area contributed by atoms with Gasteiger partial charge < -0.3 is 11.1 Å². The van der Waals surface area contributed by atoms with E-state index in [0.717, 1.165) is 25.9 Å². The van der Waals surface area contributed by atoms with E-state index < -0.39 is 0 Å². The van der Waals surface area contributed by atoms with Crippen molar-refractivity contribution in [2.75, 3.05) is 18.8 Å². The van der Waals surface area contributed by atoms with Crippen molar-refractivity contribution in [2.24, 2.45) is 5.92 Å². The number of benzene rings is 1. The predicted molar refractivity (Wildman–Crippen MR) is 68.6 cm³/mol. The van der Waals surface area contributed by atoms with Gasteiger partial charge in [0.2, 0.25) is 0 Å². The van der Waals surface area contributed by atoms with Crippen molar-refractivity contribution in [3.63, 3.8) is 0 Å². The fourth-order valence-corrected chi connectivity index (χ4v) is 2.42. The smallest absolute Gasteiger partial charge is 0.135 e. The monoisotopic (exact) mass is 246 g/mol. The molecule has 0 spiro atoms. The maximum absolute atomic E-state index is 13.2. The molecule has 94 valence electrons. The predicted octanol–water partition coefficient (Wildman–Crippen LogP) is 1.50. The first kappa shape index (κ1) is 11.3. The standard InChI is InChI=1S/C13H15FN4/c14-9-1-2-10-11(6-9)17-12(18-13(10)15)5-8-3-4-16-7-8/h1-2,6,8,16H,3-5,7H2,(H2,15,17,18). The molecule has 1 aromatic heterocycles. The van der Waals surface area contributed by atoms with Crippen LogP contribution in [0.3, 0.4) is 0 Å². The Kier molecular flexibility index (Phi) is 2.83. The summed E-state index contributed by atoms with van der Waals surface area (Å²) in [6, 6.07) is 4.41. The van der Waals surface area contributed by atoms with Gasteiger partial charge in [-0.1, -0.05) is 0 Å². The molecule has 18 heavy (non-hydrogen) atoms. The summed E-state index contributed by atoms with van der Waals surface area (Å²) in [5.74, 6) is 1.39. The van der Waals surface area contributed by atoms with Crippen LogP contribution in [0.25, 0.3) is 10.9 Å². The highest BCUT2D eigenvalue weighted by Crippen LogP contribution is 2.21. The molecule has 1 aliphatic rings. The molecule has 1 aliphatic heterocycles. The number of hydrogen-bond acceptors (Lipinski definition) is 4. The van der Waals surface area contributed by atoms with Crippen LogP contribution < -0.4 is 11.1 Å². The van der Waals surface area contributed by atoms with Crippen LogP contribution in [0, 0.1) is 11.7 Å². The maximum Gasteiger partial charge on any atom is 0.135 e. The van der Waals surface area contributed by atoms with Crippen LogP contribution in [0.15, 0.2) is 18.2 Å². The number of anilines is 1. The lowest BCUT2D eigenvalue weighted by Crippen LogP contribution is -2.13.